The maximum Gasteiger partial charge on any atom is 0.121 e. The van der Waals surface area contributed by atoms with Crippen molar-refractivity contribution in [2.24, 2.45) is 0 Å². The fourth-order valence-corrected chi connectivity index (χ4v) is 4.03. The molecule has 0 amide bonds. The summed E-state index contributed by atoms with van der Waals surface area (Å²) in [5, 5.41) is 0. The van der Waals surface area contributed by atoms with Crippen LogP contribution in [0.25, 0.3) is 11.8 Å². The van der Waals surface area contributed by atoms with Crippen molar-refractivity contribution >= 4 is 17.5 Å². The van der Waals surface area contributed by atoms with Gasteiger partial charge < -0.3 is 4.90 Å². The Labute approximate surface area is 184 Å². The quantitative estimate of drug-likeness (QED) is 0.326. The van der Waals surface area contributed by atoms with Crippen LogP contribution in [0.4, 0.5) is 5.69 Å². The predicted molar refractivity (Wildman–Crippen MR) is 130 cm³/mol. The minimum Gasteiger partial charge on any atom is -0.322 e. The minimum absolute atomic E-state index is 0.0832. The first-order valence-electron chi connectivity index (χ1n) is 10.6. The molecule has 1 atom stereocenters. The maximum atomic E-state index is 3.60. The van der Waals surface area contributed by atoms with Gasteiger partial charge in [-0.25, -0.2) is 0 Å². The van der Waals surface area contributed by atoms with E-state index >= 15 is 0 Å². The highest BCUT2D eigenvalue weighted by Gasteiger charge is 2.29. The molecule has 1 aliphatic heterocycles. The second kappa shape index (κ2) is 8.38. The van der Waals surface area contributed by atoms with E-state index in [-0.39, 0.29) is 6.04 Å². The SMILES string of the molecule is Cc1ccc(C#CC2c3ccccc3C=C(c3ccccc3)N2c2ccccc2)cc1. The molecule has 1 unspecified atom stereocenters. The fourth-order valence-electron chi connectivity index (χ4n) is 4.03. The molecular formula is C30H23N. The third-order valence-electron chi connectivity index (χ3n) is 5.61. The van der Waals surface area contributed by atoms with Crippen LogP contribution in [0, 0.1) is 18.8 Å². The lowest BCUT2D eigenvalue weighted by molar-refractivity contribution is 0.873. The first kappa shape index (κ1) is 19.0. The van der Waals surface area contributed by atoms with Crippen molar-refractivity contribution in [1.82, 2.24) is 0 Å². The Hall–Kier alpha value is -4.02. The Kier molecular flexibility index (Phi) is 5.13. The summed E-state index contributed by atoms with van der Waals surface area (Å²) in [5.41, 5.74) is 8.20. The predicted octanol–water partition coefficient (Wildman–Crippen LogP) is 7.11. The van der Waals surface area contributed by atoms with Gasteiger partial charge in [-0.1, -0.05) is 102 Å². The third kappa shape index (κ3) is 3.89. The monoisotopic (exact) mass is 397 g/mol. The standard InChI is InChI=1S/C30H23N/c1-23-16-18-24(19-17-23)20-21-29-28-15-9-8-12-26(28)22-30(25-10-4-2-5-11-25)31(29)27-13-6-3-7-14-27/h2-19,22,29H,1H3. The minimum atomic E-state index is -0.0832. The molecule has 4 aromatic rings. The van der Waals surface area contributed by atoms with Gasteiger partial charge in [0.2, 0.25) is 0 Å². The normalized spacial score (nSPS) is 14.8. The number of rotatable bonds is 2. The van der Waals surface area contributed by atoms with Crippen LogP contribution in [0.15, 0.2) is 109 Å². The largest absolute Gasteiger partial charge is 0.322 e. The zero-order valence-corrected chi connectivity index (χ0v) is 17.5. The number of fused-ring (bicyclic) bond motifs is 1. The van der Waals surface area contributed by atoms with Crippen LogP contribution in [0.1, 0.15) is 33.9 Å². The number of benzene rings is 4. The zero-order chi connectivity index (χ0) is 21.0. The molecule has 0 radical (unpaired) electrons. The van der Waals surface area contributed by atoms with Crippen molar-refractivity contribution in [2.45, 2.75) is 13.0 Å². The molecule has 148 valence electrons. The van der Waals surface area contributed by atoms with Gasteiger partial charge in [0.15, 0.2) is 0 Å². The molecule has 1 heterocycles. The summed E-state index contributed by atoms with van der Waals surface area (Å²) in [7, 11) is 0. The van der Waals surface area contributed by atoms with E-state index < -0.39 is 0 Å². The van der Waals surface area contributed by atoms with Gasteiger partial charge in [-0.3, -0.25) is 0 Å². The molecule has 0 bridgehead atoms. The number of nitrogens with zero attached hydrogens (tertiary/aromatic N) is 1. The number of hydrogen-bond donors (Lipinski definition) is 0. The Morgan fingerprint density at radius 2 is 1.32 bits per heavy atom. The molecule has 5 rings (SSSR count). The van der Waals surface area contributed by atoms with Crippen LogP contribution in [0.5, 0.6) is 0 Å². The average molecular weight is 398 g/mol. The van der Waals surface area contributed by atoms with Crippen molar-refractivity contribution in [3.05, 3.63) is 137 Å². The second-order valence-electron chi connectivity index (χ2n) is 7.77. The van der Waals surface area contributed by atoms with Crippen molar-refractivity contribution in [1.29, 1.82) is 0 Å². The van der Waals surface area contributed by atoms with Crippen molar-refractivity contribution in [2.75, 3.05) is 4.90 Å². The molecule has 31 heavy (non-hydrogen) atoms. The highest BCUT2D eigenvalue weighted by atomic mass is 15.2. The molecule has 0 spiro atoms. The van der Waals surface area contributed by atoms with E-state index in [9.17, 15) is 0 Å². The second-order valence-corrected chi connectivity index (χ2v) is 7.77. The van der Waals surface area contributed by atoms with E-state index in [0.717, 1.165) is 16.9 Å². The van der Waals surface area contributed by atoms with Crippen LogP contribution in [-0.4, -0.2) is 0 Å². The molecule has 1 aliphatic rings. The summed E-state index contributed by atoms with van der Waals surface area (Å²) < 4.78 is 0. The van der Waals surface area contributed by atoms with Gasteiger partial charge in [-0.05, 0) is 54.0 Å². The van der Waals surface area contributed by atoms with Crippen LogP contribution in [0.2, 0.25) is 0 Å². The fraction of sp³-hybridized carbons (Fsp3) is 0.0667. The first-order chi connectivity index (χ1) is 15.3. The summed E-state index contributed by atoms with van der Waals surface area (Å²) >= 11 is 0. The summed E-state index contributed by atoms with van der Waals surface area (Å²) in [5.74, 6) is 7.03. The summed E-state index contributed by atoms with van der Waals surface area (Å²) in [6, 6.07) is 38.0. The number of hydrogen-bond acceptors (Lipinski definition) is 1. The van der Waals surface area contributed by atoms with Crippen LogP contribution >= 0.6 is 0 Å². The molecule has 0 fully saturated rings. The lowest BCUT2D eigenvalue weighted by Gasteiger charge is -2.37. The first-order valence-corrected chi connectivity index (χ1v) is 10.6. The summed E-state index contributed by atoms with van der Waals surface area (Å²) in [4.78, 5) is 2.36. The highest BCUT2D eigenvalue weighted by Crippen LogP contribution is 2.41. The number of anilines is 1. The molecule has 0 saturated heterocycles. The van der Waals surface area contributed by atoms with Gasteiger partial charge in [0.1, 0.15) is 6.04 Å². The molecule has 0 aromatic heterocycles. The Bertz CT molecular complexity index is 1270. The molecule has 1 nitrogen and oxygen atoms in total. The molecule has 0 N–H and O–H groups in total. The van der Waals surface area contributed by atoms with E-state index in [1.54, 1.807) is 0 Å². The van der Waals surface area contributed by atoms with Crippen LogP contribution < -0.4 is 4.90 Å². The molecule has 0 saturated carbocycles. The van der Waals surface area contributed by atoms with E-state index in [4.69, 9.17) is 0 Å². The lowest BCUT2D eigenvalue weighted by atomic mass is 9.91. The summed E-state index contributed by atoms with van der Waals surface area (Å²) in [6.45, 7) is 2.10. The maximum absolute atomic E-state index is 3.60. The Balaban J connectivity index is 1.70. The van der Waals surface area contributed by atoms with Crippen LogP contribution in [0.3, 0.4) is 0 Å². The smallest absolute Gasteiger partial charge is 0.121 e. The third-order valence-corrected chi connectivity index (χ3v) is 5.61. The van der Waals surface area contributed by atoms with Crippen LogP contribution in [-0.2, 0) is 0 Å². The van der Waals surface area contributed by atoms with Gasteiger partial charge in [-0.15, -0.1) is 0 Å². The summed E-state index contributed by atoms with van der Waals surface area (Å²) in [6.07, 6.45) is 2.28. The van der Waals surface area contributed by atoms with Crippen molar-refractivity contribution < 1.29 is 0 Å². The van der Waals surface area contributed by atoms with Gasteiger partial charge in [0.05, 0.1) is 5.70 Å². The van der Waals surface area contributed by atoms with Gasteiger partial charge in [-0.2, -0.15) is 0 Å². The van der Waals surface area contributed by atoms with E-state index in [1.165, 1.54) is 22.3 Å². The molecule has 1 heteroatoms. The molecule has 0 aliphatic carbocycles. The average Bonchev–Trinajstić information content (AvgIpc) is 2.84. The molecule has 4 aromatic carbocycles. The van der Waals surface area contributed by atoms with Crippen molar-refractivity contribution in [3.8, 4) is 11.8 Å². The van der Waals surface area contributed by atoms with E-state index in [1.807, 2.05) is 0 Å². The van der Waals surface area contributed by atoms with Gasteiger partial charge in [0.25, 0.3) is 0 Å². The van der Waals surface area contributed by atoms with Gasteiger partial charge >= 0.3 is 0 Å². The highest BCUT2D eigenvalue weighted by molar-refractivity contribution is 5.94. The Morgan fingerprint density at radius 3 is 2.06 bits per heavy atom. The topological polar surface area (TPSA) is 3.24 Å². The lowest BCUT2D eigenvalue weighted by Crippen LogP contribution is -2.29. The number of para-hydroxylation sites is 1. The number of aryl methyl sites for hydroxylation is 1. The Morgan fingerprint density at radius 1 is 0.677 bits per heavy atom. The molecular weight excluding hydrogens is 374 g/mol. The van der Waals surface area contributed by atoms with E-state index in [0.29, 0.717) is 0 Å². The van der Waals surface area contributed by atoms with E-state index in [2.05, 4.69) is 139 Å². The van der Waals surface area contributed by atoms with Gasteiger partial charge in [0, 0.05) is 11.3 Å². The zero-order valence-electron chi connectivity index (χ0n) is 17.5. The van der Waals surface area contributed by atoms with Crippen molar-refractivity contribution in [3.63, 3.8) is 0 Å².